The number of likely N-dealkylation sites (tertiary alicyclic amines) is 1. The Kier molecular flexibility index (Phi) is 6.01. The van der Waals surface area contributed by atoms with Gasteiger partial charge >= 0.3 is 0 Å². The Labute approximate surface area is 161 Å². The first kappa shape index (κ1) is 19.2. The number of hydrogen-bond acceptors (Lipinski definition) is 4. The minimum atomic E-state index is 0.0150. The van der Waals surface area contributed by atoms with Crippen LogP contribution in [0.15, 0.2) is 36.4 Å². The normalized spacial score (nSPS) is 17.0. The minimum Gasteiger partial charge on any atom is -0.497 e. The number of aryl methyl sites for hydroxylation is 2. The molecule has 1 amide bonds. The molecule has 5 nitrogen and oxygen atoms in total. The molecule has 2 aromatic carbocycles. The van der Waals surface area contributed by atoms with Gasteiger partial charge in [-0.25, -0.2) is 0 Å². The van der Waals surface area contributed by atoms with Crippen LogP contribution in [0.2, 0.25) is 0 Å². The summed E-state index contributed by atoms with van der Waals surface area (Å²) in [4.78, 5) is 14.9. The Hall–Kier alpha value is -2.53. The van der Waals surface area contributed by atoms with Crippen LogP contribution in [0.5, 0.6) is 11.5 Å². The van der Waals surface area contributed by atoms with Crippen LogP contribution < -0.4 is 14.8 Å². The third-order valence-corrected chi connectivity index (χ3v) is 5.25. The van der Waals surface area contributed by atoms with Crippen molar-refractivity contribution in [1.82, 2.24) is 4.90 Å². The zero-order valence-electron chi connectivity index (χ0n) is 16.5. The first-order chi connectivity index (χ1) is 13.0. The van der Waals surface area contributed by atoms with Gasteiger partial charge in [0.25, 0.3) is 0 Å². The Balaban J connectivity index is 1.76. The first-order valence-corrected chi connectivity index (χ1v) is 9.35. The Bertz CT molecular complexity index is 799. The summed E-state index contributed by atoms with van der Waals surface area (Å²) >= 11 is 0. The van der Waals surface area contributed by atoms with Crippen LogP contribution in [0.3, 0.4) is 0 Å². The number of para-hydroxylation sites is 1. The van der Waals surface area contributed by atoms with Crippen LogP contribution in [0.1, 0.15) is 35.6 Å². The molecule has 1 heterocycles. The number of carbonyl (C=O) groups is 1. The largest absolute Gasteiger partial charge is 0.497 e. The van der Waals surface area contributed by atoms with Crippen LogP contribution in [0, 0.1) is 13.8 Å². The lowest BCUT2D eigenvalue weighted by molar-refractivity contribution is -0.117. The van der Waals surface area contributed by atoms with Crippen molar-refractivity contribution in [1.29, 1.82) is 0 Å². The molecule has 0 saturated carbocycles. The Morgan fingerprint density at radius 3 is 2.56 bits per heavy atom. The quantitative estimate of drug-likeness (QED) is 0.834. The van der Waals surface area contributed by atoms with Crippen molar-refractivity contribution in [3.8, 4) is 11.5 Å². The fraction of sp³-hybridized carbons (Fsp3) is 0.409. The molecular weight excluding hydrogens is 340 g/mol. The van der Waals surface area contributed by atoms with Crippen molar-refractivity contribution in [2.24, 2.45) is 0 Å². The zero-order chi connectivity index (χ0) is 19.4. The molecule has 0 spiro atoms. The van der Waals surface area contributed by atoms with E-state index in [0.717, 1.165) is 53.3 Å². The second kappa shape index (κ2) is 8.44. The van der Waals surface area contributed by atoms with E-state index in [2.05, 4.69) is 10.2 Å². The van der Waals surface area contributed by atoms with Gasteiger partial charge in [-0.2, -0.15) is 0 Å². The van der Waals surface area contributed by atoms with Crippen molar-refractivity contribution in [3.63, 3.8) is 0 Å². The average molecular weight is 368 g/mol. The molecule has 1 aliphatic heterocycles. The molecule has 1 fully saturated rings. The van der Waals surface area contributed by atoms with Crippen molar-refractivity contribution in [2.75, 3.05) is 32.6 Å². The highest BCUT2D eigenvalue weighted by Crippen LogP contribution is 2.38. The maximum absolute atomic E-state index is 12.7. The van der Waals surface area contributed by atoms with Crippen LogP contribution in [-0.4, -0.2) is 38.1 Å². The highest BCUT2D eigenvalue weighted by atomic mass is 16.5. The van der Waals surface area contributed by atoms with Crippen LogP contribution in [0.4, 0.5) is 5.69 Å². The topological polar surface area (TPSA) is 50.8 Å². The van der Waals surface area contributed by atoms with E-state index in [1.807, 2.05) is 50.2 Å². The fourth-order valence-corrected chi connectivity index (χ4v) is 3.84. The summed E-state index contributed by atoms with van der Waals surface area (Å²) < 4.78 is 10.9. The number of nitrogens with one attached hydrogen (secondary N) is 1. The second-order valence-electron chi connectivity index (χ2n) is 7.05. The number of carbonyl (C=O) groups excluding carboxylic acids is 1. The van der Waals surface area contributed by atoms with E-state index in [-0.39, 0.29) is 11.9 Å². The number of amides is 1. The molecule has 0 radical (unpaired) electrons. The summed E-state index contributed by atoms with van der Waals surface area (Å²) in [7, 11) is 3.34. The molecule has 2 aromatic rings. The summed E-state index contributed by atoms with van der Waals surface area (Å²) in [5.74, 6) is 1.65. The van der Waals surface area contributed by atoms with Crippen molar-refractivity contribution >= 4 is 11.6 Å². The summed E-state index contributed by atoms with van der Waals surface area (Å²) in [6.07, 6.45) is 2.06. The van der Waals surface area contributed by atoms with Gasteiger partial charge in [0.15, 0.2) is 0 Å². The van der Waals surface area contributed by atoms with Gasteiger partial charge in [-0.1, -0.05) is 18.2 Å². The monoisotopic (exact) mass is 368 g/mol. The summed E-state index contributed by atoms with van der Waals surface area (Å²) in [6, 6.07) is 12.0. The molecule has 144 valence electrons. The number of methoxy groups -OCH3 is 2. The van der Waals surface area contributed by atoms with Crippen molar-refractivity contribution < 1.29 is 14.3 Å². The van der Waals surface area contributed by atoms with Crippen molar-refractivity contribution in [2.45, 2.75) is 32.7 Å². The predicted octanol–water partition coefficient (Wildman–Crippen LogP) is 4.10. The lowest BCUT2D eigenvalue weighted by atomic mass is 10.0. The number of anilines is 1. The molecule has 27 heavy (non-hydrogen) atoms. The van der Waals surface area contributed by atoms with Crippen LogP contribution in [0.25, 0.3) is 0 Å². The number of hydrogen-bond donors (Lipinski definition) is 1. The molecule has 1 aliphatic rings. The van der Waals surface area contributed by atoms with Gasteiger partial charge in [-0.05, 0) is 62.6 Å². The first-order valence-electron chi connectivity index (χ1n) is 9.35. The van der Waals surface area contributed by atoms with E-state index >= 15 is 0 Å². The zero-order valence-corrected chi connectivity index (χ0v) is 16.5. The summed E-state index contributed by atoms with van der Waals surface area (Å²) in [6.45, 7) is 5.29. The molecular formula is C22H28N2O3. The molecule has 0 unspecified atom stereocenters. The highest BCUT2D eigenvalue weighted by Gasteiger charge is 2.30. The van der Waals surface area contributed by atoms with Crippen LogP contribution >= 0.6 is 0 Å². The van der Waals surface area contributed by atoms with E-state index in [0.29, 0.717) is 6.54 Å². The molecule has 5 heteroatoms. The Morgan fingerprint density at radius 1 is 1.15 bits per heavy atom. The SMILES string of the molecule is COc1ccc(OC)c([C@@H]2CCCN2CC(=O)Nc2c(C)cccc2C)c1. The van der Waals surface area contributed by atoms with Crippen molar-refractivity contribution in [3.05, 3.63) is 53.1 Å². The number of nitrogens with zero attached hydrogens (tertiary/aromatic N) is 1. The van der Waals surface area contributed by atoms with Gasteiger partial charge in [0.1, 0.15) is 11.5 Å². The van der Waals surface area contributed by atoms with E-state index in [1.54, 1.807) is 14.2 Å². The number of rotatable bonds is 6. The highest BCUT2D eigenvalue weighted by molar-refractivity contribution is 5.93. The van der Waals surface area contributed by atoms with Gasteiger partial charge in [-0.3, -0.25) is 9.69 Å². The molecule has 3 rings (SSSR count). The van der Waals surface area contributed by atoms with Gasteiger partial charge in [0.05, 0.1) is 20.8 Å². The van der Waals surface area contributed by atoms with Crippen LogP contribution in [-0.2, 0) is 4.79 Å². The van der Waals surface area contributed by atoms with Gasteiger partial charge in [-0.15, -0.1) is 0 Å². The maximum atomic E-state index is 12.7. The standard InChI is InChI=1S/C22H28N2O3/c1-15-7-5-8-16(2)22(15)23-21(25)14-24-12-6-9-19(24)18-13-17(26-3)10-11-20(18)27-4/h5,7-8,10-11,13,19H,6,9,12,14H2,1-4H3,(H,23,25)/t19-/m0/s1. The van der Waals surface area contributed by atoms with E-state index in [4.69, 9.17) is 9.47 Å². The van der Waals surface area contributed by atoms with Gasteiger partial charge < -0.3 is 14.8 Å². The van der Waals surface area contributed by atoms with E-state index in [9.17, 15) is 4.79 Å². The fourth-order valence-electron chi connectivity index (χ4n) is 3.84. The lowest BCUT2D eigenvalue weighted by Crippen LogP contribution is -2.33. The summed E-state index contributed by atoms with van der Waals surface area (Å²) in [5.41, 5.74) is 4.15. The number of ether oxygens (including phenoxy) is 2. The number of benzene rings is 2. The molecule has 1 saturated heterocycles. The smallest absolute Gasteiger partial charge is 0.238 e. The van der Waals surface area contributed by atoms with Gasteiger partial charge in [0.2, 0.25) is 5.91 Å². The molecule has 0 aliphatic carbocycles. The third kappa shape index (κ3) is 4.25. The van der Waals surface area contributed by atoms with Gasteiger partial charge in [0, 0.05) is 17.3 Å². The van der Waals surface area contributed by atoms with E-state index in [1.165, 1.54) is 0 Å². The van der Waals surface area contributed by atoms with E-state index < -0.39 is 0 Å². The molecule has 1 N–H and O–H groups in total. The lowest BCUT2D eigenvalue weighted by Gasteiger charge is -2.26. The third-order valence-electron chi connectivity index (χ3n) is 5.25. The predicted molar refractivity (Wildman–Crippen MR) is 108 cm³/mol. The molecule has 0 aromatic heterocycles. The molecule has 0 bridgehead atoms. The summed E-state index contributed by atoms with van der Waals surface area (Å²) in [5, 5.41) is 3.09. The average Bonchev–Trinajstić information content (AvgIpc) is 3.12. The maximum Gasteiger partial charge on any atom is 0.238 e. The molecule has 1 atom stereocenters. The second-order valence-corrected chi connectivity index (χ2v) is 7.05. The minimum absolute atomic E-state index is 0.0150. The Morgan fingerprint density at radius 2 is 1.89 bits per heavy atom.